The van der Waals surface area contributed by atoms with Crippen LogP contribution in [0.25, 0.3) is 0 Å². The molecule has 1 fully saturated rings. The second-order valence-electron chi connectivity index (χ2n) is 4.23. The van der Waals surface area contributed by atoms with Crippen LogP contribution >= 0.6 is 0 Å². The second-order valence-corrected chi connectivity index (χ2v) is 4.23. The number of primary amides is 1. The van der Waals surface area contributed by atoms with Gasteiger partial charge in [-0.25, -0.2) is 9.59 Å². The Morgan fingerprint density at radius 2 is 2.11 bits per heavy atom. The van der Waals surface area contributed by atoms with E-state index in [0.29, 0.717) is 6.54 Å². The lowest BCUT2D eigenvalue weighted by atomic mass is 9.99. The zero-order valence-electron chi connectivity index (χ0n) is 10.1. The van der Waals surface area contributed by atoms with Crippen molar-refractivity contribution in [3.63, 3.8) is 0 Å². The van der Waals surface area contributed by atoms with Gasteiger partial charge in [-0.3, -0.25) is 4.79 Å². The van der Waals surface area contributed by atoms with Crippen LogP contribution in [0.4, 0.5) is 9.59 Å². The highest BCUT2D eigenvalue weighted by Gasteiger charge is 2.36. The highest BCUT2D eigenvalue weighted by molar-refractivity contribution is 5.77. The number of aliphatic carboxylic acids is 1. The SMILES string of the molecule is CC1CN(C(=O)NCCOC(N)=O)CC1C(=O)O. The summed E-state index contributed by atoms with van der Waals surface area (Å²) in [5.41, 5.74) is 4.75. The summed E-state index contributed by atoms with van der Waals surface area (Å²) in [6.07, 6.45) is -0.898. The van der Waals surface area contributed by atoms with Gasteiger partial charge in [0.05, 0.1) is 12.5 Å². The van der Waals surface area contributed by atoms with E-state index in [4.69, 9.17) is 10.8 Å². The molecule has 0 aliphatic carbocycles. The number of carboxylic acid groups (broad SMARTS) is 1. The van der Waals surface area contributed by atoms with Gasteiger partial charge in [-0.05, 0) is 5.92 Å². The van der Waals surface area contributed by atoms with Crippen molar-refractivity contribution in [3.8, 4) is 0 Å². The first-order valence-electron chi connectivity index (χ1n) is 5.59. The summed E-state index contributed by atoms with van der Waals surface area (Å²) in [7, 11) is 0. The summed E-state index contributed by atoms with van der Waals surface area (Å²) in [5, 5.41) is 11.4. The molecule has 1 rings (SSSR count). The van der Waals surface area contributed by atoms with Gasteiger partial charge in [0.2, 0.25) is 0 Å². The zero-order chi connectivity index (χ0) is 13.7. The molecular weight excluding hydrogens is 242 g/mol. The summed E-state index contributed by atoms with van der Waals surface area (Å²) >= 11 is 0. The Balaban J connectivity index is 2.31. The monoisotopic (exact) mass is 259 g/mol. The third-order valence-corrected chi connectivity index (χ3v) is 2.84. The smallest absolute Gasteiger partial charge is 0.404 e. The molecule has 2 unspecified atom stereocenters. The minimum atomic E-state index is -0.898. The summed E-state index contributed by atoms with van der Waals surface area (Å²) in [5.74, 6) is -1.50. The van der Waals surface area contributed by atoms with Gasteiger partial charge in [0.15, 0.2) is 0 Å². The van der Waals surface area contributed by atoms with Crippen LogP contribution in [0.3, 0.4) is 0 Å². The fourth-order valence-electron chi connectivity index (χ4n) is 1.88. The molecule has 8 nitrogen and oxygen atoms in total. The summed E-state index contributed by atoms with van der Waals surface area (Å²) in [6.45, 7) is 2.53. The summed E-state index contributed by atoms with van der Waals surface area (Å²) in [4.78, 5) is 34.3. The van der Waals surface area contributed by atoms with Crippen LogP contribution in [0.2, 0.25) is 0 Å². The number of hydrogen-bond donors (Lipinski definition) is 3. The van der Waals surface area contributed by atoms with Crippen LogP contribution in [0.15, 0.2) is 0 Å². The maximum Gasteiger partial charge on any atom is 0.404 e. The number of nitrogens with one attached hydrogen (secondary N) is 1. The van der Waals surface area contributed by atoms with Crippen LogP contribution in [-0.4, -0.2) is 54.3 Å². The Bertz CT molecular complexity index is 346. The third kappa shape index (κ3) is 3.79. The molecule has 8 heteroatoms. The number of rotatable bonds is 4. The molecule has 0 aromatic carbocycles. The Morgan fingerprint density at radius 1 is 1.44 bits per heavy atom. The Morgan fingerprint density at radius 3 is 2.61 bits per heavy atom. The molecule has 1 aliphatic rings. The van der Waals surface area contributed by atoms with E-state index in [9.17, 15) is 14.4 Å². The quantitative estimate of drug-likeness (QED) is 0.584. The first-order valence-corrected chi connectivity index (χ1v) is 5.59. The van der Waals surface area contributed by atoms with E-state index in [0.717, 1.165) is 0 Å². The normalized spacial score (nSPS) is 22.6. The minimum Gasteiger partial charge on any atom is -0.481 e. The zero-order valence-corrected chi connectivity index (χ0v) is 10.1. The van der Waals surface area contributed by atoms with Crippen LogP contribution in [0.5, 0.6) is 0 Å². The lowest BCUT2D eigenvalue weighted by molar-refractivity contribution is -0.142. The standard InChI is InChI=1S/C10H17N3O5/c1-6-4-13(5-7(6)8(14)15)10(17)12-2-3-18-9(11)16/h6-7H,2-5H2,1H3,(H2,11,16)(H,12,17)(H,14,15). The van der Waals surface area contributed by atoms with E-state index in [2.05, 4.69) is 10.1 Å². The number of urea groups is 1. The van der Waals surface area contributed by atoms with E-state index >= 15 is 0 Å². The van der Waals surface area contributed by atoms with Crippen LogP contribution in [0, 0.1) is 11.8 Å². The molecule has 1 heterocycles. The van der Waals surface area contributed by atoms with Gasteiger partial charge < -0.3 is 25.8 Å². The van der Waals surface area contributed by atoms with E-state index in [1.165, 1.54) is 4.90 Å². The average Bonchev–Trinajstić information content (AvgIpc) is 2.66. The first kappa shape index (κ1) is 14.1. The lowest BCUT2D eigenvalue weighted by Crippen LogP contribution is -2.40. The number of amides is 3. The molecule has 0 bridgehead atoms. The third-order valence-electron chi connectivity index (χ3n) is 2.84. The molecule has 18 heavy (non-hydrogen) atoms. The van der Waals surface area contributed by atoms with Crippen molar-refractivity contribution >= 4 is 18.1 Å². The van der Waals surface area contributed by atoms with Crippen molar-refractivity contribution in [1.82, 2.24) is 10.2 Å². The van der Waals surface area contributed by atoms with Crippen molar-refractivity contribution in [2.75, 3.05) is 26.2 Å². The predicted molar refractivity (Wildman–Crippen MR) is 60.8 cm³/mol. The van der Waals surface area contributed by atoms with Crippen molar-refractivity contribution in [2.24, 2.45) is 17.6 Å². The highest BCUT2D eigenvalue weighted by atomic mass is 16.5. The summed E-state index contributed by atoms with van der Waals surface area (Å²) in [6, 6.07) is -0.362. The van der Waals surface area contributed by atoms with Crippen molar-refractivity contribution in [1.29, 1.82) is 0 Å². The van der Waals surface area contributed by atoms with Crippen molar-refractivity contribution in [2.45, 2.75) is 6.92 Å². The molecule has 1 saturated heterocycles. The fourth-order valence-corrected chi connectivity index (χ4v) is 1.88. The summed E-state index contributed by atoms with van der Waals surface area (Å²) < 4.78 is 4.45. The number of carboxylic acids is 1. The van der Waals surface area contributed by atoms with Gasteiger partial charge >= 0.3 is 18.1 Å². The van der Waals surface area contributed by atoms with Crippen molar-refractivity contribution in [3.05, 3.63) is 0 Å². The van der Waals surface area contributed by atoms with Gasteiger partial charge in [-0.15, -0.1) is 0 Å². The predicted octanol–water partition coefficient (Wildman–Crippen LogP) is -0.556. The minimum absolute atomic E-state index is 0.00712. The van der Waals surface area contributed by atoms with Crippen LogP contribution in [0.1, 0.15) is 6.92 Å². The molecule has 1 aliphatic heterocycles. The number of nitrogens with zero attached hydrogens (tertiary/aromatic N) is 1. The molecule has 102 valence electrons. The highest BCUT2D eigenvalue weighted by Crippen LogP contribution is 2.22. The lowest BCUT2D eigenvalue weighted by Gasteiger charge is -2.16. The Hall–Kier alpha value is -1.99. The van der Waals surface area contributed by atoms with Crippen LogP contribution < -0.4 is 11.1 Å². The van der Waals surface area contributed by atoms with Gasteiger partial charge in [-0.1, -0.05) is 6.92 Å². The molecule has 2 atom stereocenters. The molecule has 0 spiro atoms. The van der Waals surface area contributed by atoms with Crippen molar-refractivity contribution < 1.29 is 24.2 Å². The number of likely N-dealkylation sites (tertiary alicyclic amines) is 1. The van der Waals surface area contributed by atoms with Gasteiger partial charge in [0.1, 0.15) is 6.61 Å². The number of carbonyl (C=O) groups is 3. The molecule has 0 saturated carbocycles. The van der Waals surface area contributed by atoms with E-state index in [1.54, 1.807) is 6.92 Å². The molecular formula is C10H17N3O5. The molecule has 0 aromatic rings. The first-order chi connectivity index (χ1) is 8.41. The Labute approximate surface area is 104 Å². The van der Waals surface area contributed by atoms with Gasteiger partial charge in [0, 0.05) is 13.1 Å². The van der Waals surface area contributed by atoms with E-state index < -0.39 is 18.0 Å². The molecule has 3 amide bonds. The Kier molecular flexibility index (Phi) is 4.75. The van der Waals surface area contributed by atoms with Gasteiger partial charge in [0.25, 0.3) is 0 Å². The number of ether oxygens (including phenoxy) is 1. The molecule has 4 N–H and O–H groups in total. The van der Waals surface area contributed by atoms with E-state index in [1.807, 2.05) is 0 Å². The topological polar surface area (TPSA) is 122 Å². The maximum absolute atomic E-state index is 11.7. The largest absolute Gasteiger partial charge is 0.481 e. The number of nitrogens with two attached hydrogens (primary N) is 1. The number of hydrogen-bond acceptors (Lipinski definition) is 4. The second kappa shape index (κ2) is 6.08. The maximum atomic E-state index is 11.7. The molecule has 0 aromatic heterocycles. The fraction of sp³-hybridized carbons (Fsp3) is 0.700. The number of carbonyl (C=O) groups excluding carboxylic acids is 2. The van der Waals surface area contributed by atoms with Gasteiger partial charge in [-0.2, -0.15) is 0 Å². The molecule has 0 radical (unpaired) electrons. The van der Waals surface area contributed by atoms with Crippen LogP contribution in [-0.2, 0) is 9.53 Å². The average molecular weight is 259 g/mol. The van der Waals surface area contributed by atoms with E-state index in [-0.39, 0.29) is 31.6 Å².